The first kappa shape index (κ1) is 14.1. The van der Waals surface area contributed by atoms with Gasteiger partial charge in [-0.2, -0.15) is 0 Å². The highest BCUT2D eigenvalue weighted by atomic mass is 16.5. The molecular weight excluding hydrogens is 248 g/mol. The molecule has 1 saturated heterocycles. The Morgan fingerprint density at radius 2 is 1.85 bits per heavy atom. The maximum atomic E-state index is 5.40. The Morgan fingerprint density at radius 3 is 2.70 bits per heavy atom. The van der Waals surface area contributed by atoms with Crippen molar-refractivity contribution in [2.75, 3.05) is 45.9 Å². The molecule has 2 aliphatic heterocycles. The Hall–Kier alpha value is -0.900. The lowest BCUT2D eigenvalue weighted by Gasteiger charge is -2.34. The number of fused-ring (bicyclic) bond motifs is 1. The zero-order valence-corrected chi connectivity index (χ0v) is 12.6. The first-order valence-corrected chi connectivity index (χ1v) is 7.93. The summed E-state index contributed by atoms with van der Waals surface area (Å²) in [5.41, 5.74) is 3.08. The highest BCUT2D eigenvalue weighted by Crippen LogP contribution is 2.27. The molecule has 0 N–H and O–H groups in total. The van der Waals surface area contributed by atoms with Crippen LogP contribution in [0.1, 0.15) is 30.4 Å². The first-order chi connectivity index (χ1) is 9.83. The molecule has 3 nitrogen and oxygen atoms in total. The third-order valence-electron chi connectivity index (χ3n) is 4.56. The fourth-order valence-electron chi connectivity index (χ4n) is 3.46. The van der Waals surface area contributed by atoms with Crippen LogP contribution in [0.25, 0.3) is 0 Å². The predicted molar refractivity (Wildman–Crippen MR) is 82.0 cm³/mol. The number of morpholine rings is 1. The summed E-state index contributed by atoms with van der Waals surface area (Å²) in [6.45, 7) is 11.2. The van der Waals surface area contributed by atoms with Crippen LogP contribution in [0, 0.1) is 0 Å². The summed E-state index contributed by atoms with van der Waals surface area (Å²) in [5, 5.41) is 0. The number of ether oxygens (including phenoxy) is 1. The molecule has 0 radical (unpaired) electrons. The summed E-state index contributed by atoms with van der Waals surface area (Å²) >= 11 is 0. The van der Waals surface area contributed by atoms with E-state index in [-0.39, 0.29) is 0 Å². The Labute approximate surface area is 122 Å². The molecule has 20 heavy (non-hydrogen) atoms. The molecule has 0 aromatic heterocycles. The van der Waals surface area contributed by atoms with E-state index in [2.05, 4.69) is 41.0 Å². The fraction of sp³-hybridized carbons (Fsp3) is 0.647. The van der Waals surface area contributed by atoms with Gasteiger partial charge in [0.15, 0.2) is 0 Å². The van der Waals surface area contributed by atoms with Crippen LogP contribution in [0.3, 0.4) is 0 Å². The molecule has 1 fully saturated rings. The fourth-order valence-corrected chi connectivity index (χ4v) is 3.46. The molecule has 0 amide bonds. The maximum absolute atomic E-state index is 5.40. The van der Waals surface area contributed by atoms with Gasteiger partial charge in [-0.1, -0.05) is 31.2 Å². The number of benzene rings is 1. The molecule has 2 heterocycles. The zero-order valence-electron chi connectivity index (χ0n) is 12.6. The molecule has 1 unspecified atom stereocenters. The average Bonchev–Trinajstić information content (AvgIpc) is 2.48. The van der Waals surface area contributed by atoms with Crippen LogP contribution >= 0.6 is 0 Å². The van der Waals surface area contributed by atoms with E-state index in [1.165, 1.54) is 31.6 Å². The number of hydrogen-bond acceptors (Lipinski definition) is 3. The van der Waals surface area contributed by atoms with E-state index in [4.69, 9.17) is 4.74 Å². The minimum atomic E-state index is 0.670. The van der Waals surface area contributed by atoms with E-state index < -0.39 is 0 Å². The van der Waals surface area contributed by atoms with Crippen molar-refractivity contribution in [3.63, 3.8) is 0 Å². The summed E-state index contributed by atoms with van der Waals surface area (Å²) in [6.07, 6.45) is 1.27. The summed E-state index contributed by atoms with van der Waals surface area (Å²) in [4.78, 5) is 5.15. The lowest BCUT2D eigenvalue weighted by atomic mass is 9.91. The quantitative estimate of drug-likeness (QED) is 0.838. The van der Waals surface area contributed by atoms with Crippen molar-refractivity contribution >= 4 is 0 Å². The van der Waals surface area contributed by atoms with Crippen LogP contribution < -0.4 is 0 Å². The van der Waals surface area contributed by atoms with Crippen LogP contribution in [0.15, 0.2) is 24.3 Å². The van der Waals surface area contributed by atoms with Crippen molar-refractivity contribution in [2.45, 2.75) is 25.8 Å². The van der Waals surface area contributed by atoms with E-state index in [0.29, 0.717) is 5.92 Å². The summed E-state index contributed by atoms with van der Waals surface area (Å²) in [6, 6.07) is 8.93. The van der Waals surface area contributed by atoms with E-state index in [1.54, 1.807) is 5.56 Å². The third kappa shape index (κ3) is 3.40. The van der Waals surface area contributed by atoms with Gasteiger partial charge in [-0.25, -0.2) is 0 Å². The molecule has 1 aromatic rings. The molecular formula is C17H26N2O. The van der Waals surface area contributed by atoms with Crippen LogP contribution in [-0.4, -0.2) is 55.7 Å². The SMILES string of the molecule is CC1CN(CCCN2CCOCC2)Cc2ccccc21. The van der Waals surface area contributed by atoms with Crippen molar-refractivity contribution in [3.8, 4) is 0 Å². The monoisotopic (exact) mass is 274 g/mol. The van der Waals surface area contributed by atoms with E-state index in [1.807, 2.05) is 0 Å². The molecule has 3 heteroatoms. The van der Waals surface area contributed by atoms with Gasteiger partial charge in [0, 0.05) is 26.2 Å². The second kappa shape index (κ2) is 6.70. The van der Waals surface area contributed by atoms with Crippen molar-refractivity contribution in [1.29, 1.82) is 0 Å². The number of rotatable bonds is 4. The van der Waals surface area contributed by atoms with Gasteiger partial charge < -0.3 is 4.74 Å². The van der Waals surface area contributed by atoms with Crippen molar-refractivity contribution in [1.82, 2.24) is 9.80 Å². The molecule has 0 aliphatic carbocycles. The standard InChI is InChI=1S/C17H26N2O/c1-15-13-19(14-16-5-2-3-6-17(15)16)8-4-7-18-9-11-20-12-10-18/h2-3,5-6,15H,4,7-14H2,1H3. The van der Waals surface area contributed by atoms with Crippen LogP contribution in [0.5, 0.6) is 0 Å². The van der Waals surface area contributed by atoms with Crippen molar-refractivity contribution in [3.05, 3.63) is 35.4 Å². The van der Waals surface area contributed by atoms with Crippen molar-refractivity contribution in [2.24, 2.45) is 0 Å². The Bertz CT molecular complexity index is 429. The van der Waals surface area contributed by atoms with Gasteiger partial charge >= 0.3 is 0 Å². The first-order valence-electron chi connectivity index (χ1n) is 7.93. The van der Waals surface area contributed by atoms with E-state index >= 15 is 0 Å². The Balaban J connectivity index is 1.47. The smallest absolute Gasteiger partial charge is 0.0594 e. The summed E-state index contributed by atoms with van der Waals surface area (Å²) in [5.74, 6) is 0.670. The molecule has 3 rings (SSSR count). The topological polar surface area (TPSA) is 15.7 Å². The lowest BCUT2D eigenvalue weighted by molar-refractivity contribution is 0.0358. The molecule has 0 saturated carbocycles. The molecule has 0 spiro atoms. The van der Waals surface area contributed by atoms with Gasteiger partial charge in [0.25, 0.3) is 0 Å². The molecule has 0 bridgehead atoms. The predicted octanol–water partition coefficient (Wildman–Crippen LogP) is 2.33. The highest BCUT2D eigenvalue weighted by Gasteiger charge is 2.21. The number of hydrogen-bond donors (Lipinski definition) is 0. The lowest BCUT2D eigenvalue weighted by Crippen LogP contribution is -2.39. The van der Waals surface area contributed by atoms with Crippen LogP contribution in [0.2, 0.25) is 0 Å². The van der Waals surface area contributed by atoms with E-state index in [9.17, 15) is 0 Å². The summed E-state index contributed by atoms with van der Waals surface area (Å²) < 4.78 is 5.40. The molecule has 2 aliphatic rings. The maximum Gasteiger partial charge on any atom is 0.0594 e. The highest BCUT2D eigenvalue weighted by molar-refractivity contribution is 5.32. The molecule has 1 aromatic carbocycles. The van der Waals surface area contributed by atoms with Gasteiger partial charge in [-0.15, -0.1) is 0 Å². The van der Waals surface area contributed by atoms with Gasteiger partial charge in [-0.05, 0) is 36.6 Å². The second-order valence-corrected chi connectivity index (χ2v) is 6.14. The second-order valence-electron chi connectivity index (χ2n) is 6.14. The molecule has 1 atom stereocenters. The van der Waals surface area contributed by atoms with Gasteiger partial charge in [-0.3, -0.25) is 9.80 Å². The van der Waals surface area contributed by atoms with Gasteiger partial charge in [0.05, 0.1) is 13.2 Å². The average molecular weight is 274 g/mol. The minimum Gasteiger partial charge on any atom is -0.379 e. The zero-order chi connectivity index (χ0) is 13.8. The normalized spacial score (nSPS) is 24.6. The van der Waals surface area contributed by atoms with Crippen molar-refractivity contribution < 1.29 is 4.74 Å². The van der Waals surface area contributed by atoms with E-state index in [0.717, 1.165) is 32.8 Å². The summed E-state index contributed by atoms with van der Waals surface area (Å²) in [7, 11) is 0. The Kier molecular flexibility index (Phi) is 4.71. The molecule has 110 valence electrons. The third-order valence-corrected chi connectivity index (χ3v) is 4.56. The Morgan fingerprint density at radius 1 is 1.10 bits per heavy atom. The van der Waals surface area contributed by atoms with Crippen LogP contribution in [-0.2, 0) is 11.3 Å². The van der Waals surface area contributed by atoms with Gasteiger partial charge in [0.2, 0.25) is 0 Å². The largest absolute Gasteiger partial charge is 0.379 e. The minimum absolute atomic E-state index is 0.670. The van der Waals surface area contributed by atoms with Gasteiger partial charge in [0.1, 0.15) is 0 Å². The number of nitrogens with zero attached hydrogens (tertiary/aromatic N) is 2. The van der Waals surface area contributed by atoms with Crippen LogP contribution in [0.4, 0.5) is 0 Å².